The fraction of sp³-hybridized carbons (Fsp3) is 0.640. The predicted octanol–water partition coefficient (Wildman–Crippen LogP) is 5.27. The van der Waals surface area contributed by atoms with Crippen molar-refractivity contribution in [2.45, 2.75) is 70.6 Å². The van der Waals surface area contributed by atoms with Crippen LogP contribution in [0.2, 0.25) is 0 Å². The molecule has 4 nitrogen and oxygen atoms in total. The van der Waals surface area contributed by atoms with Crippen LogP contribution in [0.25, 0.3) is 5.69 Å². The molecule has 2 fully saturated rings. The Morgan fingerprint density at radius 3 is 2.62 bits per heavy atom. The third-order valence-corrected chi connectivity index (χ3v) is 7.42. The number of aryl methyl sites for hydroxylation is 1. The van der Waals surface area contributed by atoms with Crippen molar-refractivity contribution in [3.8, 4) is 11.4 Å². The van der Waals surface area contributed by atoms with Gasteiger partial charge in [-0.25, -0.2) is 4.68 Å². The molecular weight excluding hydrogens is 358 g/mol. The Morgan fingerprint density at radius 2 is 1.79 bits per heavy atom. The van der Waals surface area contributed by atoms with Crippen LogP contribution in [0.1, 0.15) is 74.2 Å². The Morgan fingerprint density at radius 1 is 1.00 bits per heavy atom. The summed E-state index contributed by atoms with van der Waals surface area (Å²) >= 11 is 0. The van der Waals surface area contributed by atoms with Crippen LogP contribution in [0.3, 0.4) is 0 Å². The second kappa shape index (κ2) is 8.51. The number of benzene rings is 1. The van der Waals surface area contributed by atoms with Crippen molar-refractivity contribution in [1.82, 2.24) is 14.7 Å². The zero-order chi connectivity index (χ0) is 19.6. The van der Waals surface area contributed by atoms with E-state index in [1.165, 1.54) is 93.6 Å². The molecule has 2 aliphatic carbocycles. The molecule has 2 aromatic rings. The monoisotopic (exact) mass is 393 g/mol. The minimum absolute atomic E-state index is 0.704. The van der Waals surface area contributed by atoms with Crippen LogP contribution in [0.15, 0.2) is 24.3 Å². The minimum Gasteiger partial charge on any atom is -0.494 e. The fourth-order valence-electron chi connectivity index (χ4n) is 5.87. The quantitative estimate of drug-likeness (QED) is 0.627. The normalized spacial score (nSPS) is 24.3. The lowest BCUT2D eigenvalue weighted by atomic mass is 9.70. The van der Waals surface area contributed by atoms with Gasteiger partial charge in [-0.1, -0.05) is 12.8 Å². The molecular formula is C25H35N3O. The van der Waals surface area contributed by atoms with E-state index in [2.05, 4.69) is 40.8 Å². The number of rotatable bonds is 6. The largest absolute Gasteiger partial charge is 0.494 e. The summed E-state index contributed by atoms with van der Waals surface area (Å²) in [6.45, 7) is 6.69. The molecule has 2 heterocycles. The SMILES string of the molecule is Cc1nn(-c2ccc(OCCCN3CCCC3)cc2)c2c1CC[C@@H]1CCCC[C@@H]21. The van der Waals surface area contributed by atoms with Gasteiger partial charge in [-0.15, -0.1) is 0 Å². The van der Waals surface area contributed by atoms with Gasteiger partial charge in [0.25, 0.3) is 0 Å². The molecule has 0 radical (unpaired) electrons. The van der Waals surface area contributed by atoms with E-state index >= 15 is 0 Å². The van der Waals surface area contributed by atoms with Crippen LogP contribution in [-0.4, -0.2) is 40.9 Å². The van der Waals surface area contributed by atoms with Crippen LogP contribution in [0, 0.1) is 12.8 Å². The van der Waals surface area contributed by atoms with Crippen LogP contribution >= 0.6 is 0 Å². The van der Waals surface area contributed by atoms with Crippen molar-refractivity contribution in [2.75, 3.05) is 26.2 Å². The molecule has 1 saturated carbocycles. The number of hydrogen-bond donors (Lipinski definition) is 0. The Labute approximate surface area is 175 Å². The number of nitrogens with zero attached hydrogens (tertiary/aromatic N) is 3. The number of hydrogen-bond acceptors (Lipinski definition) is 3. The maximum Gasteiger partial charge on any atom is 0.119 e. The number of aromatic nitrogens is 2. The second-order valence-corrected chi connectivity index (χ2v) is 9.30. The van der Waals surface area contributed by atoms with Crippen LogP contribution in [-0.2, 0) is 6.42 Å². The highest BCUT2D eigenvalue weighted by Crippen LogP contribution is 2.46. The standard InChI is InChI=1S/C25H35N3O/c1-19-23-14-9-20-7-2-3-8-24(20)25(23)28(26-19)21-10-12-22(13-11-21)29-18-6-17-27-15-4-5-16-27/h10-13,20,24H,2-9,14-18H2,1H3/t20-,24+/m0/s1. The maximum atomic E-state index is 6.00. The molecule has 1 aromatic carbocycles. The first-order valence-electron chi connectivity index (χ1n) is 11.8. The molecule has 0 N–H and O–H groups in total. The van der Waals surface area contributed by atoms with Gasteiger partial charge in [-0.05, 0) is 101 Å². The molecule has 0 spiro atoms. The predicted molar refractivity (Wildman–Crippen MR) is 117 cm³/mol. The van der Waals surface area contributed by atoms with Crippen molar-refractivity contribution in [2.24, 2.45) is 5.92 Å². The third-order valence-electron chi connectivity index (χ3n) is 7.42. The van der Waals surface area contributed by atoms with Gasteiger partial charge >= 0.3 is 0 Å². The topological polar surface area (TPSA) is 30.3 Å². The first kappa shape index (κ1) is 19.2. The summed E-state index contributed by atoms with van der Waals surface area (Å²) in [5.41, 5.74) is 5.45. The molecule has 0 bridgehead atoms. The van der Waals surface area contributed by atoms with Gasteiger partial charge in [0, 0.05) is 12.5 Å². The van der Waals surface area contributed by atoms with Crippen LogP contribution in [0.5, 0.6) is 5.75 Å². The average molecular weight is 394 g/mol. The molecule has 5 rings (SSSR count). The number of likely N-dealkylation sites (tertiary alicyclic amines) is 1. The van der Waals surface area contributed by atoms with Gasteiger partial charge in [0.2, 0.25) is 0 Å². The van der Waals surface area contributed by atoms with Gasteiger partial charge in [0.1, 0.15) is 5.75 Å². The Hall–Kier alpha value is -1.81. The van der Waals surface area contributed by atoms with E-state index in [9.17, 15) is 0 Å². The van der Waals surface area contributed by atoms with Gasteiger partial charge < -0.3 is 9.64 Å². The summed E-state index contributed by atoms with van der Waals surface area (Å²) in [6.07, 6.45) is 11.9. The molecule has 3 aliphatic rings. The highest BCUT2D eigenvalue weighted by atomic mass is 16.5. The summed E-state index contributed by atoms with van der Waals surface area (Å²) in [5.74, 6) is 2.54. The van der Waals surface area contributed by atoms with Crippen molar-refractivity contribution >= 4 is 0 Å². The average Bonchev–Trinajstić information content (AvgIpc) is 3.40. The zero-order valence-corrected chi connectivity index (χ0v) is 17.9. The van der Waals surface area contributed by atoms with E-state index in [1.807, 2.05) is 0 Å². The van der Waals surface area contributed by atoms with Crippen molar-refractivity contribution in [3.63, 3.8) is 0 Å². The lowest BCUT2D eigenvalue weighted by molar-refractivity contribution is 0.263. The maximum absolute atomic E-state index is 6.00. The highest BCUT2D eigenvalue weighted by Gasteiger charge is 2.36. The molecule has 0 amide bonds. The number of ether oxygens (including phenoxy) is 1. The first-order valence-corrected chi connectivity index (χ1v) is 11.8. The lowest BCUT2D eigenvalue weighted by Crippen LogP contribution is -2.25. The summed E-state index contributed by atoms with van der Waals surface area (Å²) in [6, 6.07) is 8.62. The van der Waals surface area contributed by atoms with Crippen molar-refractivity contribution in [1.29, 1.82) is 0 Å². The van der Waals surface area contributed by atoms with Gasteiger partial charge in [-0.3, -0.25) is 0 Å². The molecule has 1 aromatic heterocycles. The van der Waals surface area contributed by atoms with E-state index in [0.29, 0.717) is 5.92 Å². The smallest absolute Gasteiger partial charge is 0.119 e. The Balaban J connectivity index is 1.27. The molecule has 2 atom stereocenters. The van der Waals surface area contributed by atoms with Gasteiger partial charge in [0.05, 0.1) is 23.7 Å². The molecule has 1 aliphatic heterocycles. The molecule has 1 saturated heterocycles. The van der Waals surface area contributed by atoms with E-state index in [-0.39, 0.29) is 0 Å². The van der Waals surface area contributed by atoms with Gasteiger partial charge in [0.15, 0.2) is 0 Å². The zero-order valence-electron chi connectivity index (χ0n) is 17.9. The van der Waals surface area contributed by atoms with Crippen molar-refractivity contribution < 1.29 is 4.74 Å². The third kappa shape index (κ3) is 3.96. The minimum atomic E-state index is 0.704. The lowest BCUT2D eigenvalue weighted by Gasteiger charge is -2.36. The summed E-state index contributed by atoms with van der Waals surface area (Å²) in [7, 11) is 0. The Bertz CT molecular complexity index is 819. The summed E-state index contributed by atoms with van der Waals surface area (Å²) in [4.78, 5) is 2.55. The van der Waals surface area contributed by atoms with Crippen molar-refractivity contribution in [3.05, 3.63) is 41.2 Å². The van der Waals surface area contributed by atoms with E-state index in [4.69, 9.17) is 9.84 Å². The summed E-state index contributed by atoms with van der Waals surface area (Å²) < 4.78 is 8.26. The molecule has 156 valence electrons. The highest BCUT2D eigenvalue weighted by molar-refractivity contribution is 5.43. The molecule has 0 unspecified atom stereocenters. The van der Waals surface area contributed by atoms with E-state index in [0.717, 1.165) is 24.7 Å². The van der Waals surface area contributed by atoms with Crippen LogP contribution in [0.4, 0.5) is 0 Å². The number of fused-ring (bicyclic) bond motifs is 3. The van der Waals surface area contributed by atoms with E-state index in [1.54, 1.807) is 0 Å². The van der Waals surface area contributed by atoms with E-state index < -0.39 is 0 Å². The molecule has 4 heteroatoms. The second-order valence-electron chi connectivity index (χ2n) is 9.30. The fourth-order valence-corrected chi connectivity index (χ4v) is 5.87. The Kier molecular flexibility index (Phi) is 5.63. The summed E-state index contributed by atoms with van der Waals surface area (Å²) in [5, 5.41) is 4.97. The van der Waals surface area contributed by atoms with Gasteiger partial charge in [-0.2, -0.15) is 5.10 Å². The van der Waals surface area contributed by atoms with Crippen LogP contribution < -0.4 is 4.74 Å². The first-order chi connectivity index (χ1) is 14.3. The molecule has 29 heavy (non-hydrogen) atoms.